The molecule has 0 heterocycles. The highest BCUT2D eigenvalue weighted by Gasteiger charge is 2.13. The van der Waals surface area contributed by atoms with Crippen molar-refractivity contribution in [1.82, 2.24) is 0 Å². The third kappa shape index (κ3) is 3.53. The van der Waals surface area contributed by atoms with Crippen LogP contribution in [0.15, 0.2) is 29.2 Å². The zero-order valence-corrected chi connectivity index (χ0v) is 9.29. The molecule has 6 heteroatoms. The van der Waals surface area contributed by atoms with Gasteiger partial charge < -0.3 is 4.74 Å². The summed E-state index contributed by atoms with van der Waals surface area (Å²) in [5.74, 6) is -0.229. The van der Waals surface area contributed by atoms with Crippen molar-refractivity contribution in [2.24, 2.45) is 0 Å². The molecular formula is C9H9ClO4S. The Hall–Kier alpha value is -1.07. The van der Waals surface area contributed by atoms with Gasteiger partial charge >= 0.3 is 0 Å². The van der Waals surface area contributed by atoms with E-state index in [1.54, 1.807) is 0 Å². The predicted molar refractivity (Wildman–Crippen MR) is 55.5 cm³/mol. The van der Waals surface area contributed by atoms with Gasteiger partial charge in [0.15, 0.2) is 9.84 Å². The molecule has 1 rings (SSSR count). The van der Waals surface area contributed by atoms with Crippen LogP contribution in [0.1, 0.15) is 0 Å². The van der Waals surface area contributed by atoms with Crippen molar-refractivity contribution >= 4 is 27.9 Å². The Labute approximate surface area is 92.7 Å². The summed E-state index contributed by atoms with van der Waals surface area (Å²) in [4.78, 5) is 10.0. The lowest BCUT2D eigenvalue weighted by molar-refractivity contribution is -0.128. The minimum atomic E-state index is -3.39. The van der Waals surface area contributed by atoms with Crippen LogP contribution in [-0.4, -0.2) is 27.2 Å². The molecule has 0 aliphatic rings. The van der Waals surface area contributed by atoms with E-state index in [2.05, 4.69) is 4.74 Å². The second kappa shape index (κ2) is 5.14. The lowest BCUT2D eigenvalue weighted by atomic mass is 10.4. The summed E-state index contributed by atoms with van der Waals surface area (Å²) in [6, 6.07) is 5.82. The molecule has 0 spiro atoms. The minimum absolute atomic E-state index is 0.144. The molecule has 0 bridgehead atoms. The maximum Gasteiger partial charge on any atom is 0.293 e. The van der Waals surface area contributed by atoms with Crippen molar-refractivity contribution in [1.29, 1.82) is 0 Å². The fourth-order valence-electron chi connectivity index (χ4n) is 0.966. The first-order chi connectivity index (χ1) is 7.06. The van der Waals surface area contributed by atoms with Gasteiger partial charge in [-0.2, -0.15) is 0 Å². The van der Waals surface area contributed by atoms with Crippen LogP contribution in [0.5, 0.6) is 0 Å². The van der Waals surface area contributed by atoms with Gasteiger partial charge in [0.2, 0.25) is 0 Å². The summed E-state index contributed by atoms with van der Waals surface area (Å²) < 4.78 is 27.5. The number of ether oxygens (including phenoxy) is 1. The zero-order chi connectivity index (χ0) is 11.3. The maximum absolute atomic E-state index is 11.6. The largest absolute Gasteiger partial charge is 0.467 e. The van der Waals surface area contributed by atoms with Gasteiger partial charge in [-0.1, -0.05) is 11.6 Å². The van der Waals surface area contributed by atoms with Crippen LogP contribution < -0.4 is 0 Å². The molecule has 1 aromatic rings. The zero-order valence-electron chi connectivity index (χ0n) is 7.72. The summed E-state index contributed by atoms with van der Waals surface area (Å²) in [5, 5.41) is 0.470. The summed E-state index contributed by atoms with van der Waals surface area (Å²) in [7, 11) is -3.39. The van der Waals surface area contributed by atoms with Crippen molar-refractivity contribution in [3.63, 3.8) is 0 Å². The Morgan fingerprint density at radius 2 is 1.87 bits per heavy atom. The standard InChI is InChI=1S/C9H9ClO4S/c10-8-1-3-9(4-2-8)15(12,13)6-5-14-7-11/h1-4,7H,5-6H2. The third-order valence-corrected chi connectivity index (χ3v) is 3.66. The molecule has 0 aromatic heterocycles. The number of sulfone groups is 1. The van der Waals surface area contributed by atoms with Gasteiger partial charge in [0.25, 0.3) is 6.47 Å². The molecule has 0 amide bonds. The number of hydrogen-bond donors (Lipinski definition) is 0. The topological polar surface area (TPSA) is 60.4 Å². The molecule has 1 aromatic carbocycles. The number of halogens is 1. The molecule has 0 saturated carbocycles. The summed E-state index contributed by atoms with van der Waals surface area (Å²) >= 11 is 5.62. The van der Waals surface area contributed by atoms with E-state index in [4.69, 9.17) is 11.6 Å². The molecule has 0 atom stereocenters. The molecule has 0 N–H and O–H groups in total. The van der Waals surface area contributed by atoms with Gasteiger partial charge in [-0.15, -0.1) is 0 Å². The van der Waals surface area contributed by atoms with E-state index in [1.165, 1.54) is 24.3 Å². The summed E-state index contributed by atoms with van der Waals surface area (Å²) in [5.41, 5.74) is 0. The Kier molecular flexibility index (Phi) is 4.11. The van der Waals surface area contributed by atoms with E-state index in [0.717, 1.165) is 0 Å². The van der Waals surface area contributed by atoms with Crippen molar-refractivity contribution in [3.05, 3.63) is 29.3 Å². The molecule has 0 radical (unpaired) electrons. The molecule has 0 fully saturated rings. The number of hydrogen-bond acceptors (Lipinski definition) is 4. The van der Waals surface area contributed by atoms with Gasteiger partial charge in [0, 0.05) is 5.02 Å². The van der Waals surface area contributed by atoms with Crippen molar-refractivity contribution in [2.45, 2.75) is 4.90 Å². The van der Waals surface area contributed by atoms with Gasteiger partial charge in [-0.05, 0) is 24.3 Å². The highest BCUT2D eigenvalue weighted by molar-refractivity contribution is 7.91. The highest BCUT2D eigenvalue weighted by Crippen LogP contribution is 2.15. The van der Waals surface area contributed by atoms with Crippen LogP contribution in [0.2, 0.25) is 5.02 Å². The summed E-state index contributed by atoms with van der Waals surface area (Å²) in [6.07, 6.45) is 0. The van der Waals surface area contributed by atoms with E-state index >= 15 is 0 Å². The first-order valence-electron chi connectivity index (χ1n) is 4.10. The van der Waals surface area contributed by atoms with Crippen LogP contribution in [-0.2, 0) is 19.4 Å². The fourth-order valence-corrected chi connectivity index (χ4v) is 2.19. The molecule has 0 saturated heterocycles. The van der Waals surface area contributed by atoms with Crippen LogP contribution >= 0.6 is 11.6 Å². The van der Waals surface area contributed by atoms with Gasteiger partial charge in [0.1, 0.15) is 6.61 Å². The molecular weight excluding hydrogens is 240 g/mol. The van der Waals surface area contributed by atoms with Gasteiger partial charge in [-0.3, -0.25) is 4.79 Å². The van der Waals surface area contributed by atoms with Crippen molar-refractivity contribution in [3.8, 4) is 0 Å². The van der Waals surface area contributed by atoms with Crippen molar-refractivity contribution in [2.75, 3.05) is 12.4 Å². The first kappa shape index (κ1) is 12.0. The maximum atomic E-state index is 11.6. The highest BCUT2D eigenvalue weighted by atomic mass is 35.5. The smallest absolute Gasteiger partial charge is 0.293 e. The lowest BCUT2D eigenvalue weighted by Gasteiger charge is -2.03. The average Bonchev–Trinajstić information content (AvgIpc) is 2.18. The van der Waals surface area contributed by atoms with Crippen molar-refractivity contribution < 1.29 is 17.9 Å². The Morgan fingerprint density at radius 3 is 2.40 bits per heavy atom. The average molecular weight is 249 g/mol. The molecule has 0 aliphatic carbocycles. The minimum Gasteiger partial charge on any atom is -0.467 e. The van der Waals surface area contributed by atoms with Gasteiger partial charge in [-0.25, -0.2) is 8.42 Å². The number of carbonyl (C=O) groups is 1. The Balaban J connectivity index is 2.77. The SMILES string of the molecule is O=COCCS(=O)(=O)c1ccc(Cl)cc1. The van der Waals surface area contributed by atoms with E-state index in [9.17, 15) is 13.2 Å². The van der Waals surface area contributed by atoms with E-state index in [0.29, 0.717) is 5.02 Å². The second-order valence-electron chi connectivity index (χ2n) is 2.74. The number of carbonyl (C=O) groups excluding carboxylic acids is 1. The quantitative estimate of drug-likeness (QED) is 0.582. The normalized spacial score (nSPS) is 11.0. The molecule has 4 nitrogen and oxygen atoms in total. The van der Waals surface area contributed by atoms with E-state index in [-0.39, 0.29) is 23.7 Å². The Morgan fingerprint density at radius 1 is 1.27 bits per heavy atom. The molecule has 15 heavy (non-hydrogen) atoms. The predicted octanol–water partition coefficient (Wildman–Crippen LogP) is 1.29. The molecule has 0 unspecified atom stereocenters. The second-order valence-corrected chi connectivity index (χ2v) is 5.29. The molecule has 0 aliphatic heterocycles. The molecule has 82 valence electrons. The first-order valence-corrected chi connectivity index (χ1v) is 6.13. The van der Waals surface area contributed by atoms with Crippen LogP contribution in [0, 0.1) is 0 Å². The van der Waals surface area contributed by atoms with E-state index in [1.807, 2.05) is 0 Å². The van der Waals surface area contributed by atoms with Crippen LogP contribution in [0.25, 0.3) is 0 Å². The number of rotatable bonds is 5. The monoisotopic (exact) mass is 248 g/mol. The van der Waals surface area contributed by atoms with Crippen LogP contribution in [0.4, 0.5) is 0 Å². The summed E-state index contributed by atoms with van der Waals surface area (Å²) in [6.45, 7) is 0.0752. The fraction of sp³-hybridized carbons (Fsp3) is 0.222. The van der Waals surface area contributed by atoms with Crippen LogP contribution in [0.3, 0.4) is 0 Å². The lowest BCUT2D eigenvalue weighted by Crippen LogP contribution is -2.11. The Bertz CT molecular complexity index is 424. The third-order valence-electron chi connectivity index (χ3n) is 1.71. The van der Waals surface area contributed by atoms with E-state index < -0.39 is 9.84 Å². The van der Waals surface area contributed by atoms with Gasteiger partial charge in [0.05, 0.1) is 10.6 Å². The number of benzene rings is 1.